The van der Waals surface area contributed by atoms with Gasteiger partial charge >= 0.3 is 0 Å². The van der Waals surface area contributed by atoms with E-state index in [2.05, 4.69) is 25.1 Å². The minimum atomic E-state index is 0.179. The Morgan fingerprint density at radius 2 is 2.04 bits per heavy atom. The Balaban J connectivity index is 1.53. The number of rotatable bonds is 4. The number of aromatic nitrogens is 4. The lowest BCUT2D eigenvalue weighted by Gasteiger charge is -2.21. The van der Waals surface area contributed by atoms with Crippen molar-refractivity contribution in [2.75, 3.05) is 6.54 Å². The minimum absolute atomic E-state index is 0.179. The molecule has 1 aliphatic heterocycles. The molecule has 0 saturated carbocycles. The van der Waals surface area contributed by atoms with Gasteiger partial charge in [0.1, 0.15) is 0 Å². The molecule has 6 heteroatoms. The van der Waals surface area contributed by atoms with E-state index >= 15 is 0 Å². The highest BCUT2D eigenvalue weighted by Crippen LogP contribution is 2.33. The topological polar surface area (TPSA) is 67.9 Å². The Bertz CT molecular complexity index is 800. The lowest BCUT2D eigenvalue weighted by molar-refractivity contribution is 0.215. The molecular formula is C18H19N5O. The van der Waals surface area contributed by atoms with Crippen LogP contribution in [0.2, 0.25) is 0 Å². The molecule has 3 aromatic rings. The van der Waals surface area contributed by atoms with Gasteiger partial charge in [0.15, 0.2) is 0 Å². The maximum Gasteiger partial charge on any atom is 0.249 e. The van der Waals surface area contributed by atoms with Crippen LogP contribution < -0.4 is 0 Å². The van der Waals surface area contributed by atoms with Crippen LogP contribution in [0.25, 0.3) is 11.5 Å². The van der Waals surface area contributed by atoms with Gasteiger partial charge in [-0.3, -0.25) is 14.9 Å². The summed E-state index contributed by atoms with van der Waals surface area (Å²) in [7, 11) is 0. The summed E-state index contributed by atoms with van der Waals surface area (Å²) < 4.78 is 5.95. The summed E-state index contributed by atoms with van der Waals surface area (Å²) in [5, 5.41) is 8.50. The highest BCUT2D eigenvalue weighted by Gasteiger charge is 2.30. The van der Waals surface area contributed by atoms with Crippen LogP contribution in [-0.2, 0) is 6.54 Å². The first-order chi connectivity index (χ1) is 11.8. The van der Waals surface area contributed by atoms with Crippen molar-refractivity contribution in [3.63, 3.8) is 0 Å². The molecule has 4 heterocycles. The fourth-order valence-electron chi connectivity index (χ4n) is 3.10. The first-order valence-electron chi connectivity index (χ1n) is 8.19. The average molecular weight is 321 g/mol. The van der Waals surface area contributed by atoms with Gasteiger partial charge in [-0.15, -0.1) is 10.2 Å². The highest BCUT2D eigenvalue weighted by atomic mass is 16.4. The molecule has 6 nitrogen and oxygen atoms in total. The van der Waals surface area contributed by atoms with E-state index in [9.17, 15) is 0 Å². The van der Waals surface area contributed by atoms with Gasteiger partial charge in [0.05, 0.1) is 11.6 Å². The first-order valence-corrected chi connectivity index (χ1v) is 8.19. The molecule has 24 heavy (non-hydrogen) atoms. The predicted molar refractivity (Wildman–Crippen MR) is 88.9 cm³/mol. The zero-order chi connectivity index (χ0) is 16.4. The maximum absolute atomic E-state index is 5.95. The van der Waals surface area contributed by atoms with Gasteiger partial charge in [-0.1, -0.05) is 0 Å². The van der Waals surface area contributed by atoms with Crippen LogP contribution in [-0.4, -0.2) is 31.6 Å². The van der Waals surface area contributed by atoms with Crippen molar-refractivity contribution in [1.29, 1.82) is 0 Å². The van der Waals surface area contributed by atoms with Crippen molar-refractivity contribution in [3.05, 3.63) is 60.0 Å². The SMILES string of the molecule is Cc1ccc(-c2nnc([C@@H]3CCCN3Cc3ccncc3)o2)cn1. The van der Waals surface area contributed by atoms with E-state index in [1.165, 1.54) is 5.56 Å². The summed E-state index contributed by atoms with van der Waals surface area (Å²) in [6.07, 6.45) is 7.61. The van der Waals surface area contributed by atoms with Crippen molar-refractivity contribution in [3.8, 4) is 11.5 Å². The molecule has 0 aliphatic carbocycles. The molecule has 1 fully saturated rings. The maximum atomic E-state index is 5.95. The van der Waals surface area contributed by atoms with Crippen LogP contribution >= 0.6 is 0 Å². The number of aryl methyl sites for hydroxylation is 1. The normalized spacial score (nSPS) is 18.1. The third-order valence-electron chi connectivity index (χ3n) is 4.38. The molecule has 4 rings (SSSR count). The summed E-state index contributed by atoms with van der Waals surface area (Å²) in [5.74, 6) is 1.23. The van der Waals surface area contributed by atoms with Crippen molar-refractivity contribution >= 4 is 0 Å². The second-order valence-corrected chi connectivity index (χ2v) is 6.12. The van der Waals surface area contributed by atoms with Gasteiger partial charge in [0, 0.05) is 30.8 Å². The molecule has 1 aliphatic rings. The van der Waals surface area contributed by atoms with E-state index in [1.54, 1.807) is 6.20 Å². The Labute approximate surface area is 140 Å². The Morgan fingerprint density at radius 3 is 2.83 bits per heavy atom. The molecule has 0 amide bonds. The third kappa shape index (κ3) is 3.05. The molecule has 122 valence electrons. The molecule has 0 unspecified atom stereocenters. The standard InChI is InChI=1S/C18H19N5O/c1-13-4-5-15(11-20-13)17-21-22-18(24-17)16-3-2-10-23(16)12-14-6-8-19-9-7-14/h4-9,11,16H,2-3,10,12H2,1H3/t16-/m0/s1. The largest absolute Gasteiger partial charge is 0.419 e. The van der Waals surface area contributed by atoms with Crippen molar-refractivity contribution in [1.82, 2.24) is 25.1 Å². The molecule has 0 N–H and O–H groups in total. The molecular weight excluding hydrogens is 302 g/mol. The van der Waals surface area contributed by atoms with E-state index < -0.39 is 0 Å². The molecule has 3 aromatic heterocycles. The second-order valence-electron chi connectivity index (χ2n) is 6.12. The lowest BCUT2D eigenvalue weighted by atomic mass is 10.2. The van der Waals surface area contributed by atoms with Crippen molar-refractivity contribution in [2.45, 2.75) is 32.4 Å². The molecule has 0 bridgehead atoms. The summed E-state index contributed by atoms with van der Waals surface area (Å²) >= 11 is 0. The van der Waals surface area contributed by atoms with E-state index in [0.29, 0.717) is 11.8 Å². The third-order valence-corrected chi connectivity index (χ3v) is 4.38. The number of nitrogens with zero attached hydrogens (tertiary/aromatic N) is 5. The number of hydrogen-bond donors (Lipinski definition) is 0. The van der Waals surface area contributed by atoms with Gasteiger partial charge in [0.25, 0.3) is 0 Å². The van der Waals surface area contributed by atoms with E-state index in [1.807, 2.05) is 43.6 Å². The Morgan fingerprint density at radius 1 is 1.17 bits per heavy atom. The Hall–Kier alpha value is -2.60. The highest BCUT2D eigenvalue weighted by molar-refractivity contribution is 5.50. The molecule has 1 saturated heterocycles. The predicted octanol–water partition coefficient (Wildman–Crippen LogP) is 3.17. The minimum Gasteiger partial charge on any atom is -0.419 e. The van der Waals surface area contributed by atoms with Crippen LogP contribution in [0, 0.1) is 6.92 Å². The lowest BCUT2D eigenvalue weighted by Crippen LogP contribution is -2.23. The van der Waals surface area contributed by atoms with Crippen LogP contribution in [0.15, 0.2) is 47.3 Å². The number of likely N-dealkylation sites (tertiary alicyclic amines) is 1. The van der Waals surface area contributed by atoms with Gasteiger partial charge < -0.3 is 4.42 Å². The average Bonchev–Trinajstić information content (AvgIpc) is 3.25. The van der Waals surface area contributed by atoms with Crippen LogP contribution in [0.4, 0.5) is 0 Å². The first kappa shape index (κ1) is 15.0. The van der Waals surface area contributed by atoms with Crippen molar-refractivity contribution < 1.29 is 4.42 Å². The number of pyridine rings is 2. The van der Waals surface area contributed by atoms with Gasteiger partial charge in [-0.25, -0.2) is 0 Å². The van der Waals surface area contributed by atoms with E-state index in [-0.39, 0.29) is 6.04 Å². The second kappa shape index (κ2) is 6.49. The van der Waals surface area contributed by atoms with Crippen LogP contribution in [0.5, 0.6) is 0 Å². The molecule has 0 aromatic carbocycles. The smallest absolute Gasteiger partial charge is 0.249 e. The molecule has 0 radical (unpaired) electrons. The number of hydrogen-bond acceptors (Lipinski definition) is 6. The van der Waals surface area contributed by atoms with Gasteiger partial charge in [-0.2, -0.15) is 0 Å². The van der Waals surface area contributed by atoms with Crippen molar-refractivity contribution in [2.24, 2.45) is 0 Å². The van der Waals surface area contributed by atoms with E-state index in [4.69, 9.17) is 4.42 Å². The zero-order valence-corrected chi connectivity index (χ0v) is 13.6. The summed E-state index contributed by atoms with van der Waals surface area (Å²) in [4.78, 5) is 10.8. The fraction of sp³-hybridized carbons (Fsp3) is 0.333. The molecule has 0 spiro atoms. The van der Waals surface area contributed by atoms with Crippen LogP contribution in [0.1, 0.15) is 36.0 Å². The van der Waals surface area contributed by atoms with Gasteiger partial charge in [0.2, 0.25) is 11.8 Å². The summed E-state index contributed by atoms with van der Waals surface area (Å²) in [6.45, 7) is 3.87. The van der Waals surface area contributed by atoms with Gasteiger partial charge in [-0.05, 0) is 56.1 Å². The van der Waals surface area contributed by atoms with Crippen LogP contribution in [0.3, 0.4) is 0 Å². The summed E-state index contributed by atoms with van der Waals surface area (Å²) in [6, 6.07) is 8.19. The molecule has 1 atom stereocenters. The fourth-order valence-corrected chi connectivity index (χ4v) is 3.10. The Kier molecular flexibility index (Phi) is 4.04. The van der Waals surface area contributed by atoms with E-state index in [0.717, 1.165) is 37.2 Å². The summed E-state index contributed by atoms with van der Waals surface area (Å²) in [5.41, 5.74) is 3.08. The quantitative estimate of drug-likeness (QED) is 0.735. The zero-order valence-electron chi connectivity index (χ0n) is 13.6. The monoisotopic (exact) mass is 321 g/mol.